The predicted octanol–water partition coefficient (Wildman–Crippen LogP) is 0.669. The molecule has 7 nitrogen and oxygen atoms in total. The fourth-order valence-corrected chi connectivity index (χ4v) is 2.55. The summed E-state index contributed by atoms with van der Waals surface area (Å²) in [5.41, 5.74) is 0.472. The Hall–Kier alpha value is -2.58. The minimum atomic E-state index is -2.65. The number of carbonyl (C=O) groups excluding carboxylic acids is 1. The van der Waals surface area contributed by atoms with Crippen molar-refractivity contribution in [1.82, 2.24) is 24.2 Å². The molecule has 0 unspecified atom stereocenters. The fourth-order valence-electron chi connectivity index (χ4n) is 2.55. The number of aromatic nitrogens is 4. The van der Waals surface area contributed by atoms with Crippen molar-refractivity contribution in [2.24, 2.45) is 0 Å². The lowest BCUT2D eigenvalue weighted by Crippen LogP contribution is -2.41. The second-order valence-electron chi connectivity index (χ2n) is 5.31. The van der Waals surface area contributed by atoms with Crippen LogP contribution in [0.3, 0.4) is 0 Å². The van der Waals surface area contributed by atoms with Gasteiger partial charge in [0.2, 0.25) is 0 Å². The molecule has 23 heavy (non-hydrogen) atoms. The number of rotatable bonds is 3. The van der Waals surface area contributed by atoms with Crippen molar-refractivity contribution in [3.05, 3.63) is 45.9 Å². The maximum Gasteiger partial charge on any atom is 0.346 e. The number of hydrogen-bond donors (Lipinski definition) is 0. The van der Waals surface area contributed by atoms with Crippen LogP contribution in [-0.2, 0) is 19.6 Å². The summed E-state index contributed by atoms with van der Waals surface area (Å²) in [5, 5.41) is 3.91. The van der Waals surface area contributed by atoms with E-state index in [2.05, 4.69) is 10.1 Å². The quantitative estimate of drug-likeness (QED) is 0.832. The van der Waals surface area contributed by atoms with Gasteiger partial charge in [-0.2, -0.15) is 5.10 Å². The molecule has 3 heterocycles. The number of halogens is 2. The second kappa shape index (κ2) is 5.90. The molecule has 0 spiro atoms. The zero-order valence-corrected chi connectivity index (χ0v) is 12.4. The maximum atomic E-state index is 12.5. The first kappa shape index (κ1) is 15.3. The van der Waals surface area contributed by atoms with E-state index in [1.807, 2.05) is 0 Å². The summed E-state index contributed by atoms with van der Waals surface area (Å²) in [7, 11) is 0. The summed E-state index contributed by atoms with van der Waals surface area (Å²) in [6, 6.07) is 5.15. The van der Waals surface area contributed by atoms with Crippen LogP contribution in [0.15, 0.2) is 23.0 Å². The van der Waals surface area contributed by atoms with E-state index < -0.39 is 18.7 Å². The summed E-state index contributed by atoms with van der Waals surface area (Å²) in [6.07, 6.45) is -2.65. The van der Waals surface area contributed by atoms with Crippen LogP contribution in [0.5, 0.6) is 0 Å². The van der Waals surface area contributed by atoms with E-state index in [1.54, 1.807) is 25.1 Å². The number of hydrogen-bond acceptors (Lipinski definition) is 4. The van der Waals surface area contributed by atoms with Crippen LogP contribution < -0.4 is 5.69 Å². The van der Waals surface area contributed by atoms with Crippen LogP contribution in [0.25, 0.3) is 0 Å². The van der Waals surface area contributed by atoms with E-state index in [-0.39, 0.29) is 19.0 Å². The van der Waals surface area contributed by atoms with Gasteiger partial charge in [-0.1, -0.05) is 6.07 Å². The smallest absolute Gasteiger partial charge is 0.328 e. The van der Waals surface area contributed by atoms with Gasteiger partial charge in [0.1, 0.15) is 12.2 Å². The van der Waals surface area contributed by atoms with Gasteiger partial charge in [0.05, 0.1) is 6.54 Å². The molecule has 1 aliphatic heterocycles. The number of pyridine rings is 1. The molecule has 0 bridgehead atoms. The molecule has 122 valence electrons. The monoisotopic (exact) mass is 323 g/mol. The maximum absolute atomic E-state index is 12.5. The predicted molar refractivity (Wildman–Crippen MR) is 76.2 cm³/mol. The third-order valence-corrected chi connectivity index (χ3v) is 3.63. The van der Waals surface area contributed by atoms with Crippen LogP contribution in [0.2, 0.25) is 0 Å². The number of nitrogens with zero attached hydrogens (tertiary/aromatic N) is 5. The first-order chi connectivity index (χ1) is 11.0. The van der Waals surface area contributed by atoms with E-state index in [1.165, 1.54) is 9.47 Å². The fraction of sp³-hybridized carbons (Fsp3) is 0.429. The molecule has 0 saturated carbocycles. The van der Waals surface area contributed by atoms with Crippen molar-refractivity contribution in [2.75, 3.05) is 6.54 Å². The SMILES string of the molecule is Cc1cccc(C(=O)N2CCn3c(nn(CC(F)F)c3=O)C2)n1. The molecule has 0 radical (unpaired) electrons. The van der Waals surface area contributed by atoms with E-state index in [0.29, 0.717) is 18.1 Å². The van der Waals surface area contributed by atoms with Crippen LogP contribution in [0.1, 0.15) is 22.0 Å². The highest BCUT2D eigenvalue weighted by molar-refractivity contribution is 5.92. The lowest BCUT2D eigenvalue weighted by Gasteiger charge is -2.26. The molecule has 3 rings (SSSR count). The first-order valence-corrected chi connectivity index (χ1v) is 7.13. The molecule has 1 aliphatic rings. The van der Waals surface area contributed by atoms with Gasteiger partial charge >= 0.3 is 5.69 Å². The van der Waals surface area contributed by atoms with Crippen molar-refractivity contribution < 1.29 is 13.6 Å². The third-order valence-electron chi connectivity index (χ3n) is 3.63. The van der Waals surface area contributed by atoms with E-state index in [4.69, 9.17) is 0 Å². The molecular formula is C14H15F2N5O2. The van der Waals surface area contributed by atoms with Crippen molar-refractivity contribution in [3.8, 4) is 0 Å². The summed E-state index contributed by atoms with van der Waals surface area (Å²) in [6.45, 7) is 1.68. The molecule has 2 aromatic heterocycles. The lowest BCUT2D eigenvalue weighted by atomic mass is 10.2. The largest absolute Gasteiger partial charge is 0.346 e. The van der Waals surface area contributed by atoms with Crippen molar-refractivity contribution >= 4 is 5.91 Å². The van der Waals surface area contributed by atoms with Gasteiger partial charge in [-0.3, -0.25) is 9.36 Å². The van der Waals surface area contributed by atoms with Gasteiger partial charge in [-0.05, 0) is 19.1 Å². The zero-order chi connectivity index (χ0) is 16.6. The number of fused-ring (bicyclic) bond motifs is 1. The Kier molecular flexibility index (Phi) is 3.93. The number of carbonyl (C=O) groups is 1. The van der Waals surface area contributed by atoms with E-state index in [9.17, 15) is 18.4 Å². The molecule has 2 aromatic rings. The molecule has 1 amide bonds. The van der Waals surface area contributed by atoms with Gasteiger partial charge in [-0.15, -0.1) is 0 Å². The lowest BCUT2D eigenvalue weighted by molar-refractivity contribution is 0.0700. The Bertz CT molecular complexity index is 799. The molecule has 0 aromatic carbocycles. The zero-order valence-electron chi connectivity index (χ0n) is 12.4. The minimum Gasteiger partial charge on any atom is -0.328 e. The summed E-state index contributed by atoms with van der Waals surface area (Å²) < 4.78 is 27.0. The normalized spacial score (nSPS) is 14.2. The van der Waals surface area contributed by atoms with Gasteiger partial charge in [0.15, 0.2) is 5.82 Å². The summed E-state index contributed by atoms with van der Waals surface area (Å²) in [4.78, 5) is 30.1. The Balaban J connectivity index is 1.83. The average molecular weight is 323 g/mol. The van der Waals surface area contributed by atoms with Crippen LogP contribution in [-0.4, -0.2) is 43.1 Å². The molecule has 0 atom stereocenters. The van der Waals surface area contributed by atoms with Crippen LogP contribution >= 0.6 is 0 Å². The molecule has 0 saturated heterocycles. The highest BCUT2D eigenvalue weighted by Gasteiger charge is 2.26. The molecular weight excluding hydrogens is 308 g/mol. The van der Waals surface area contributed by atoms with Crippen molar-refractivity contribution in [2.45, 2.75) is 33.0 Å². The minimum absolute atomic E-state index is 0.0972. The van der Waals surface area contributed by atoms with Gasteiger partial charge in [0.25, 0.3) is 12.3 Å². The van der Waals surface area contributed by atoms with Crippen LogP contribution in [0.4, 0.5) is 8.78 Å². The number of amides is 1. The van der Waals surface area contributed by atoms with Crippen LogP contribution in [0, 0.1) is 6.92 Å². The first-order valence-electron chi connectivity index (χ1n) is 7.13. The van der Waals surface area contributed by atoms with Crippen molar-refractivity contribution in [1.29, 1.82) is 0 Å². The Morgan fingerprint density at radius 2 is 2.13 bits per heavy atom. The second-order valence-corrected chi connectivity index (χ2v) is 5.31. The Labute approximate surface area is 130 Å². The highest BCUT2D eigenvalue weighted by Crippen LogP contribution is 2.12. The standard InChI is InChI=1S/C14H15F2N5O2/c1-9-3-2-4-10(17-9)13(22)19-5-6-20-12(8-19)18-21(14(20)23)7-11(15)16/h2-4,11H,5-8H2,1H3. The van der Waals surface area contributed by atoms with Gasteiger partial charge in [-0.25, -0.2) is 23.2 Å². The number of aryl methyl sites for hydroxylation is 1. The van der Waals surface area contributed by atoms with Crippen molar-refractivity contribution in [3.63, 3.8) is 0 Å². The van der Waals surface area contributed by atoms with Gasteiger partial charge < -0.3 is 4.90 Å². The Morgan fingerprint density at radius 1 is 1.35 bits per heavy atom. The summed E-state index contributed by atoms with van der Waals surface area (Å²) >= 11 is 0. The number of alkyl halides is 2. The highest BCUT2D eigenvalue weighted by atomic mass is 19.3. The van der Waals surface area contributed by atoms with E-state index >= 15 is 0 Å². The summed E-state index contributed by atoms with van der Waals surface area (Å²) in [5.74, 6) is 0.0405. The topological polar surface area (TPSA) is 73.0 Å². The molecule has 0 N–H and O–H groups in total. The molecule has 0 fully saturated rings. The van der Waals surface area contributed by atoms with E-state index in [0.717, 1.165) is 10.4 Å². The van der Waals surface area contributed by atoms with Gasteiger partial charge in [0, 0.05) is 18.8 Å². The Morgan fingerprint density at radius 3 is 2.83 bits per heavy atom. The average Bonchev–Trinajstić information content (AvgIpc) is 2.81. The third kappa shape index (κ3) is 2.99. The molecule has 9 heteroatoms. The molecule has 0 aliphatic carbocycles.